The van der Waals surface area contributed by atoms with Crippen LogP contribution in [0.1, 0.15) is 11.1 Å². The first-order valence-electron chi connectivity index (χ1n) is 7.36. The number of para-hydroxylation sites is 2. The molecule has 108 valence electrons. The molecule has 0 atom stereocenters. The maximum Gasteiger partial charge on any atom is 0.151 e. The average molecular weight is 304 g/mol. The highest BCUT2D eigenvalue weighted by molar-refractivity contribution is 7.13. The Morgan fingerprint density at radius 2 is 1.77 bits per heavy atom. The van der Waals surface area contributed by atoms with E-state index in [4.69, 9.17) is 4.98 Å². The van der Waals surface area contributed by atoms with Crippen LogP contribution in [0.5, 0.6) is 0 Å². The Hall–Kier alpha value is -2.39. The van der Waals surface area contributed by atoms with Gasteiger partial charge in [0.15, 0.2) is 5.82 Å². The summed E-state index contributed by atoms with van der Waals surface area (Å²) in [4.78, 5) is 6.07. The summed E-state index contributed by atoms with van der Waals surface area (Å²) in [5.74, 6) is 1.06. The van der Waals surface area contributed by atoms with E-state index in [2.05, 4.69) is 71.5 Å². The maximum absolute atomic E-state index is 4.85. The summed E-state index contributed by atoms with van der Waals surface area (Å²) in [6, 6.07) is 21.1. The van der Waals surface area contributed by atoms with Crippen LogP contribution in [0, 0.1) is 6.92 Å². The highest BCUT2D eigenvalue weighted by Gasteiger charge is 2.13. The minimum Gasteiger partial charge on any atom is -0.319 e. The van der Waals surface area contributed by atoms with Crippen LogP contribution in [0.3, 0.4) is 0 Å². The highest BCUT2D eigenvalue weighted by atomic mass is 32.1. The van der Waals surface area contributed by atoms with Crippen LogP contribution < -0.4 is 0 Å². The summed E-state index contributed by atoms with van der Waals surface area (Å²) < 4.78 is 2.32. The first kappa shape index (κ1) is 13.3. The van der Waals surface area contributed by atoms with Gasteiger partial charge in [-0.2, -0.15) is 0 Å². The van der Waals surface area contributed by atoms with Crippen molar-refractivity contribution in [3.63, 3.8) is 0 Å². The molecule has 0 aliphatic carbocycles. The van der Waals surface area contributed by atoms with Gasteiger partial charge in [0.25, 0.3) is 0 Å². The quantitative estimate of drug-likeness (QED) is 0.513. The first-order valence-corrected chi connectivity index (χ1v) is 8.24. The fraction of sp³-hybridized carbons (Fsp3) is 0.105. The number of thiophene rings is 1. The van der Waals surface area contributed by atoms with Gasteiger partial charge in [0.05, 0.1) is 15.9 Å². The van der Waals surface area contributed by atoms with Crippen molar-refractivity contribution in [1.82, 2.24) is 9.55 Å². The van der Waals surface area contributed by atoms with Crippen molar-refractivity contribution < 1.29 is 0 Å². The Kier molecular flexibility index (Phi) is 3.28. The second-order valence-corrected chi connectivity index (χ2v) is 6.36. The van der Waals surface area contributed by atoms with Crippen LogP contribution in [-0.4, -0.2) is 9.55 Å². The Balaban J connectivity index is 1.91. The molecule has 0 spiro atoms. The summed E-state index contributed by atoms with van der Waals surface area (Å²) in [5.41, 5.74) is 4.90. The molecule has 0 aliphatic rings. The predicted octanol–water partition coefficient (Wildman–Crippen LogP) is 5.12. The van der Waals surface area contributed by atoms with Crippen molar-refractivity contribution in [3.05, 3.63) is 77.2 Å². The average Bonchev–Trinajstić information content (AvgIpc) is 3.17. The van der Waals surface area contributed by atoms with Gasteiger partial charge in [0, 0.05) is 6.54 Å². The van der Waals surface area contributed by atoms with E-state index in [9.17, 15) is 0 Å². The van der Waals surface area contributed by atoms with Crippen LogP contribution in [0.4, 0.5) is 0 Å². The van der Waals surface area contributed by atoms with Crippen LogP contribution >= 0.6 is 11.3 Å². The molecule has 0 unspecified atom stereocenters. The second kappa shape index (κ2) is 5.43. The van der Waals surface area contributed by atoms with Crippen molar-refractivity contribution in [2.75, 3.05) is 0 Å². The molecule has 0 fully saturated rings. The van der Waals surface area contributed by atoms with E-state index in [1.165, 1.54) is 21.5 Å². The largest absolute Gasteiger partial charge is 0.319 e. The standard InChI is InChI=1S/C19H16N2S/c1-14-7-2-3-8-15(14)13-21-17-10-5-4-9-16(17)20-19(21)18-11-6-12-22-18/h2-12H,13H2,1H3. The van der Waals surface area contributed by atoms with Gasteiger partial charge in [0.1, 0.15) is 0 Å². The summed E-state index contributed by atoms with van der Waals surface area (Å²) in [6.45, 7) is 3.01. The van der Waals surface area contributed by atoms with Gasteiger partial charge in [-0.05, 0) is 41.6 Å². The van der Waals surface area contributed by atoms with Crippen molar-refractivity contribution >= 4 is 22.4 Å². The molecule has 3 heteroatoms. The third-order valence-corrected chi connectivity index (χ3v) is 4.85. The predicted molar refractivity (Wildman–Crippen MR) is 93.3 cm³/mol. The van der Waals surface area contributed by atoms with Crippen LogP contribution in [0.2, 0.25) is 0 Å². The summed E-state index contributed by atoms with van der Waals surface area (Å²) in [5, 5.41) is 2.10. The van der Waals surface area contributed by atoms with Gasteiger partial charge in [0.2, 0.25) is 0 Å². The number of nitrogens with zero attached hydrogens (tertiary/aromatic N) is 2. The third-order valence-electron chi connectivity index (χ3n) is 3.99. The van der Waals surface area contributed by atoms with Gasteiger partial charge in [-0.15, -0.1) is 11.3 Å². The molecular formula is C19H16N2S. The van der Waals surface area contributed by atoms with Crippen molar-refractivity contribution in [1.29, 1.82) is 0 Å². The van der Waals surface area contributed by atoms with Crippen molar-refractivity contribution in [2.45, 2.75) is 13.5 Å². The molecule has 22 heavy (non-hydrogen) atoms. The molecule has 0 saturated carbocycles. The van der Waals surface area contributed by atoms with Gasteiger partial charge in [-0.1, -0.05) is 42.5 Å². The lowest BCUT2D eigenvalue weighted by Gasteiger charge is -2.10. The van der Waals surface area contributed by atoms with E-state index in [1.54, 1.807) is 11.3 Å². The lowest BCUT2D eigenvalue weighted by atomic mass is 10.1. The number of aryl methyl sites for hydroxylation is 1. The van der Waals surface area contributed by atoms with Crippen LogP contribution in [0.15, 0.2) is 66.0 Å². The van der Waals surface area contributed by atoms with Gasteiger partial charge in [-0.25, -0.2) is 4.98 Å². The Morgan fingerprint density at radius 1 is 0.955 bits per heavy atom. The minimum atomic E-state index is 0.848. The van der Waals surface area contributed by atoms with E-state index in [0.717, 1.165) is 17.9 Å². The van der Waals surface area contributed by atoms with Gasteiger partial charge in [-0.3, -0.25) is 0 Å². The zero-order valence-electron chi connectivity index (χ0n) is 12.4. The number of hydrogen-bond donors (Lipinski definition) is 0. The first-order chi connectivity index (χ1) is 10.8. The number of hydrogen-bond acceptors (Lipinski definition) is 2. The molecule has 4 aromatic rings. The fourth-order valence-corrected chi connectivity index (χ4v) is 3.51. The summed E-state index contributed by atoms with van der Waals surface area (Å²) >= 11 is 1.74. The lowest BCUT2D eigenvalue weighted by molar-refractivity contribution is 0.830. The topological polar surface area (TPSA) is 17.8 Å². The molecule has 0 amide bonds. The fourth-order valence-electron chi connectivity index (χ4n) is 2.79. The molecule has 0 saturated heterocycles. The van der Waals surface area contributed by atoms with E-state index < -0.39 is 0 Å². The van der Waals surface area contributed by atoms with Crippen molar-refractivity contribution in [3.8, 4) is 10.7 Å². The Morgan fingerprint density at radius 3 is 2.59 bits per heavy atom. The molecule has 0 aliphatic heterocycles. The molecule has 0 bridgehead atoms. The van der Waals surface area contributed by atoms with Gasteiger partial charge >= 0.3 is 0 Å². The SMILES string of the molecule is Cc1ccccc1Cn1c(-c2cccs2)nc2ccccc21. The molecule has 2 heterocycles. The summed E-state index contributed by atoms with van der Waals surface area (Å²) in [6.07, 6.45) is 0. The molecule has 0 radical (unpaired) electrons. The summed E-state index contributed by atoms with van der Waals surface area (Å²) in [7, 11) is 0. The minimum absolute atomic E-state index is 0.848. The monoisotopic (exact) mass is 304 g/mol. The molecule has 2 aromatic carbocycles. The second-order valence-electron chi connectivity index (χ2n) is 5.41. The van der Waals surface area contributed by atoms with E-state index >= 15 is 0 Å². The lowest BCUT2D eigenvalue weighted by Crippen LogP contribution is -2.03. The third kappa shape index (κ3) is 2.24. The molecular weight excluding hydrogens is 288 g/mol. The number of aromatic nitrogens is 2. The smallest absolute Gasteiger partial charge is 0.151 e. The normalized spacial score (nSPS) is 11.1. The number of rotatable bonds is 3. The Labute approximate surface area is 133 Å². The van der Waals surface area contributed by atoms with Crippen molar-refractivity contribution in [2.24, 2.45) is 0 Å². The molecule has 2 nitrogen and oxygen atoms in total. The maximum atomic E-state index is 4.85. The molecule has 4 rings (SSSR count). The van der Waals surface area contributed by atoms with E-state index in [0.29, 0.717) is 0 Å². The van der Waals surface area contributed by atoms with E-state index in [-0.39, 0.29) is 0 Å². The van der Waals surface area contributed by atoms with Crippen LogP contribution in [0.25, 0.3) is 21.7 Å². The van der Waals surface area contributed by atoms with Gasteiger partial charge < -0.3 is 4.57 Å². The number of benzene rings is 2. The zero-order valence-corrected chi connectivity index (χ0v) is 13.2. The van der Waals surface area contributed by atoms with E-state index in [1.807, 2.05) is 6.07 Å². The number of fused-ring (bicyclic) bond motifs is 1. The number of imidazole rings is 1. The van der Waals surface area contributed by atoms with Crippen LogP contribution in [-0.2, 0) is 6.54 Å². The molecule has 2 aromatic heterocycles. The highest BCUT2D eigenvalue weighted by Crippen LogP contribution is 2.29. The zero-order chi connectivity index (χ0) is 14.9. The Bertz CT molecular complexity index is 920. The molecule has 0 N–H and O–H groups in total.